The maximum Gasteiger partial charge on any atom is 0.116 e. The maximum absolute atomic E-state index is 8.81. The number of rotatable bonds is 10. The molecule has 0 aliphatic carbocycles. The summed E-state index contributed by atoms with van der Waals surface area (Å²) in [5, 5.41) is 0. The second kappa shape index (κ2) is 20.1. The van der Waals surface area contributed by atoms with Crippen LogP contribution < -0.4 is 0 Å². The highest BCUT2D eigenvalue weighted by atomic mass is 16.1. The fourth-order valence-corrected chi connectivity index (χ4v) is 1.74. The Morgan fingerprint density at radius 1 is 0.625 bits per heavy atom. The molecule has 0 spiro atoms. The van der Waals surface area contributed by atoms with Crippen LogP contribution in [0.1, 0.15) is 91.4 Å². The number of hydrogen-bond donors (Lipinski definition) is 0. The van der Waals surface area contributed by atoms with E-state index in [2.05, 4.69) is 13.8 Å². The third-order valence-corrected chi connectivity index (χ3v) is 2.71. The molecular weight excluding hydrogens is 196 g/mol. The van der Waals surface area contributed by atoms with E-state index in [1.807, 2.05) is 0 Å². The normalized spacial score (nSPS) is 9.44. The molecule has 16 heavy (non-hydrogen) atoms. The molecule has 0 radical (unpaired) electrons. The lowest BCUT2D eigenvalue weighted by atomic mass is 10.1. The molecule has 0 aromatic rings. The van der Waals surface area contributed by atoms with E-state index < -0.39 is 0 Å². The molecule has 0 unspecified atom stereocenters. The Balaban J connectivity index is 0. The minimum absolute atomic E-state index is 0.750. The highest BCUT2D eigenvalue weighted by Gasteiger charge is 1.90. The first-order valence-corrected chi connectivity index (χ1v) is 7.23. The third kappa shape index (κ3) is 23.5. The second-order valence-corrected chi connectivity index (χ2v) is 4.42. The molecule has 0 saturated heterocycles. The van der Waals surface area contributed by atoms with Crippen molar-refractivity contribution in [1.29, 1.82) is 0 Å². The number of aldehydes is 1. The number of carbonyl (C=O) groups excluding carboxylic acids is 1. The van der Waals surface area contributed by atoms with Gasteiger partial charge in [-0.2, -0.15) is 0 Å². The molecule has 98 valence electrons. The molecule has 0 heterocycles. The first-order chi connectivity index (χ1) is 7.83. The van der Waals surface area contributed by atoms with Gasteiger partial charge < -0.3 is 4.79 Å². The summed E-state index contributed by atoms with van der Waals surface area (Å²) in [5.41, 5.74) is 0. The van der Waals surface area contributed by atoms with Crippen LogP contribution in [0.3, 0.4) is 0 Å². The smallest absolute Gasteiger partial charge is 0.116 e. The lowest BCUT2D eigenvalue weighted by Crippen LogP contribution is -1.80. The van der Waals surface area contributed by atoms with Crippen LogP contribution in [0.25, 0.3) is 0 Å². The zero-order valence-electron chi connectivity index (χ0n) is 11.8. The minimum Gasteiger partial charge on any atom is -0.304 e. The van der Waals surface area contributed by atoms with Gasteiger partial charge in [-0.05, 0) is 6.92 Å². The Labute approximate surface area is 103 Å². The standard InChI is InChI=1S/C13H28.C2H4O/c1-3-5-7-9-11-13-12-10-8-6-4-2;1-2-3/h3-13H2,1-2H3;2H,1H3. The summed E-state index contributed by atoms with van der Waals surface area (Å²) in [6.07, 6.45) is 16.7. The van der Waals surface area contributed by atoms with E-state index in [1.54, 1.807) is 0 Å². The first kappa shape index (κ1) is 18.0. The van der Waals surface area contributed by atoms with Crippen molar-refractivity contribution >= 4 is 6.29 Å². The summed E-state index contributed by atoms with van der Waals surface area (Å²) in [4.78, 5) is 8.81. The largest absolute Gasteiger partial charge is 0.304 e. The van der Waals surface area contributed by atoms with Crippen molar-refractivity contribution in [3.8, 4) is 0 Å². The van der Waals surface area contributed by atoms with Gasteiger partial charge in [-0.3, -0.25) is 0 Å². The van der Waals surface area contributed by atoms with Gasteiger partial charge >= 0.3 is 0 Å². The average Bonchev–Trinajstić information content (AvgIpc) is 2.28. The fourth-order valence-electron chi connectivity index (χ4n) is 1.74. The molecule has 0 atom stereocenters. The van der Waals surface area contributed by atoms with Gasteiger partial charge in [0.1, 0.15) is 6.29 Å². The van der Waals surface area contributed by atoms with Gasteiger partial charge in [0.25, 0.3) is 0 Å². The minimum atomic E-state index is 0.750. The van der Waals surface area contributed by atoms with E-state index in [1.165, 1.54) is 77.6 Å². The van der Waals surface area contributed by atoms with Crippen molar-refractivity contribution in [2.45, 2.75) is 91.4 Å². The highest BCUT2D eigenvalue weighted by Crippen LogP contribution is 2.10. The maximum atomic E-state index is 8.81. The molecule has 0 aromatic carbocycles. The summed E-state index contributed by atoms with van der Waals surface area (Å²) in [6, 6.07) is 0. The molecule has 0 aliphatic rings. The zero-order chi connectivity index (χ0) is 12.5. The topological polar surface area (TPSA) is 17.1 Å². The van der Waals surface area contributed by atoms with Crippen LogP contribution in [0, 0.1) is 0 Å². The Kier molecular flexibility index (Phi) is 22.7. The molecule has 0 N–H and O–H groups in total. The summed E-state index contributed by atoms with van der Waals surface area (Å²) in [7, 11) is 0. The van der Waals surface area contributed by atoms with E-state index in [-0.39, 0.29) is 0 Å². The predicted octanol–water partition coefficient (Wildman–Crippen LogP) is 5.52. The molecule has 0 amide bonds. The van der Waals surface area contributed by atoms with E-state index >= 15 is 0 Å². The molecule has 0 aromatic heterocycles. The molecular formula is C15H32O. The molecule has 0 aliphatic heterocycles. The van der Waals surface area contributed by atoms with Crippen molar-refractivity contribution in [1.82, 2.24) is 0 Å². The van der Waals surface area contributed by atoms with Crippen LogP contribution >= 0.6 is 0 Å². The lowest BCUT2D eigenvalue weighted by Gasteiger charge is -2.00. The van der Waals surface area contributed by atoms with E-state index in [4.69, 9.17) is 4.79 Å². The van der Waals surface area contributed by atoms with Crippen LogP contribution in [-0.4, -0.2) is 6.29 Å². The zero-order valence-corrected chi connectivity index (χ0v) is 11.8. The lowest BCUT2D eigenvalue weighted by molar-refractivity contribution is -0.106. The van der Waals surface area contributed by atoms with Crippen molar-refractivity contribution < 1.29 is 4.79 Å². The predicted molar refractivity (Wildman–Crippen MR) is 73.9 cm³/mol. The van der Waals surface area contributed by atoms with Crippen LogP contribution in [0.15, 0.2) is 0 Å². The van der Waals surface area contributed by atoms with Gasteiger partial charge in [0.2, 0.25) is 0 Å². The van der Waals surface area contributed by atoms with Gasteiger partial charge in [-0.25, -0.2) is 0 Å². The Bertz CT molecular complexity index is 100. The summed E-state index contributed by atoms with van der Waals surface area (Å²) >= 11 is 0. The summed E-state index contributed by atoms with van der Waals surface area (Å²) in [5.74, 6) is 0. The van der Waals surface area contributed by atoms with Crippen LogP contribution in [-0.2, 0) is 4.79 Å². The second-order valence-electron chi connectivity index (χ2n) is 4.42. The van der Waals surface area contributed by atoms with Gasteiger partial charge in [-0.1, -0.05) is 84.5 Å². The number of unbranched alkanes of at least 4 members (excludes halogenated alkanes) is 10. The average molecular weight is 228 g/mol. The van der Waals surface area contributed by atoms with Crippen LogP contribution in [0.4, 0.5) is 0 Å². The van der Waals surface area contributed by atoms with Crippen LogP contribution in [0.5, 0.6) is 0 Å². The Hall–Kier alpha value is -0.330. The van der Waals surface area contributed by atoms with Crippen molar-refractivity contribution in [2.24, 2.45) is 0 Å². The number of carbonyl (C=O) groups is 1. The van der Waals surface area contributed by atoms with Gasteiger partial charge in [0.05, 0.1) is 0 Å². The first-order valence-electron chi connectivity index (χ1n) is 7.23. The van der Waals surface area contributed by atoms with Crippen molar-refractivity contribution in [3.05, 3.63) is 0 Å². The number of hydrogen-bond acceptors (Lipinski definition) is 1. The monoisotopic (exact) mass is 228 g/mol. The molecule has 1 heteroatoms. The third-order valence-electron chi connectivity index (χ3n) is 2.71. The van der Waals surface area contributed by atoms with Crippen molar-refractivity contribution in [3.63, 3.8) is 0 Å². The Morgan fingerprint density at radius 3 is 1.00 bits per heavy atom. The summed E-state index contributed by atoms with van der Waals surface area (Å²) in [6.45, 7) is 6.01. The van der Waals surface area contributed by atoms with E-state index in [0.717, 1.165) is 6.29 Å². The van der Waals surface area contributed by atoms with E-state index in [9.17, 15) is 0 Å². The van der Waals surface area contributed by atoms with Crippen LogP contribution in [0.2, 0.25) is 0 Å². The van der Waals surface area contributed by atoms with Gasteiger partial charge in [0.15, 0.2) is 0 Å². The summed E-state index contributed by atoms with van der Waals surface area (Å²) < 4.78 is 0. The quantitative estimate of drug-likeness (QED) is 0.355. The molecule has 0 fully saturated rings. The van der Waals surface area contributed by atoms with Gasteiger partial charge in [-0.15, -0.1) is 0 Å². The van der Waals surface area contributed by atoms with Crippen molar-refractivity contribution in [2.75, 3.05) is 0 Å². The molecule has 0 bridgehead atoms. The van der Waals surface area contributed by atoms with Gasteiger partial charge in [0, 0.05) is 0 Å². The molecule has 1 nitrogen and oxygen atoms in total. The SMILES string of the molecule is CC=O.CCCCCCCCCCCCC. The molecule has 0 rings (SSSR count). The molecule has 0 saturated carbocycles. The Morgan fingerprint density at radius 2 is 0.812 bits per heavy atom. The highest BCUT2D eigenvalue weighted by molar-refractivity contribution is 5.44. The van der Waals surface area contributed by atoms with E-state index in [0.29, 0.717) is 0 Å². The fraction of sp³-hybridized carbons (Fsp3) is 0.933.